The van der Waals surface area contributed by atoms with E-state index in [1.54, 1.807) is 0 Å². The number of ether oxygens (including phenoxy) is 2. The molecule has 4 heteroatoms. The van der Waals surface area contributed by atoms with E-state index in [4.69, 9.17) is 9.47 Å². The number of rotatable bonds is 3. The van der Waals surface area contributed by atoms with Gasteiger partial charge in [-0.1, -0.05) is 75.4 Å². The lowest BCUT2D eigenvalue weighted by atomic mass is 10.2. The molecule has 0 unspecified atom stereocenters. The SMILES string of the molecule is CC(C)(C)[P@](=O)(c1ccccc1)c1ccccc1C1OCCO1. The average Bonchev–Trinajstić information content (AvgIpc) is 3.08. The van der Waals surface area contributed by atoms with Crippen LogP contribution >= 0.6 is 7.14 Å². The van der Waals surface area contributed by atoms with Crippen LogP contribution in [0.3, 0.4) is 0 Å². The molecule has 122 valence electrons. The Kier molecular flexibility index (Phi) is 4.46. The minimum absolute atomic E-state index is 0.400. The zero-order chi connectivity index (χ0) is 16.5. The highest BCUT2D eigenvalue weighted by atomic mass is 31.2. The third kappa shape index (κ3) is 2.89. The molecule has 2 aromatic rings. The van der Waals surface area contributed by atoms with E-state index >= 15 is 0 Å². The fraction of sp³-hybridized carbons (Fsp3) is 0.368. The summed E-state index contributed by atoms with van der Waals surface area (Å²) in [6.07, 6.45) is -0.425. The van der Waals surface area contributed by atoms with Crippen LogP contribution < -0.4 is 10.6 Å². The van der Waals surface area contributed by atoms with Gasteiger partial charge in [0.05, 0.1) is 13.2 Å². The summed E-state index contributed by atoms with van der Waals surface area (Å²) in [4.78, 5) is 0. The van der Waals surface area contributed by atoms with Gasteiger partial charge in [-0.25, -0.2) is 0 Å². The van der Waals surface area contributed by atoms with Crippen LogP contribution in [0.1, 0.15) is 32.6 Å². The molecule has 0 aliphatic carbocycles. The van der Waals surface area contributed by atoms with Crippen molar-refractivity contribution in [1.82, 2.24) is 0 Å². The van der Waals surface area contributed by atoms with Crippen LogP contribution in [0.5, 0.6) is 0 Å². The molecule has 3 nitrogen and oxygen atoms in total. The maximum absolute atomic E-state index is 14.3. The summed E-state index contributed by atoms with van der Waals surface area (Å²) in [5.74, 6) is 0. The third-order valence-electron chi connectivity index (χ3n) is 4.22. The maximum atomic E-state index is 14.3. The lowest BCUT2D eigenvalue weighted by Crippen LogP contribution is -2.33. The molecule has 23 heavy (non-hydrogen) atoms. The summed E-state index contributed by atoms with van der Waals surface area (Å²) in [5.41, 5.74) is 0.882. The van der Waals surface area contributed by atoms with E-state index in [-0.39, 0.29) is 0 Å². The van der Waals surface area contributed by atoms with Gasteiger partial charge in [-0.3, -0.25) is 0 Å². The minimum atomic E-state index is -2.86. The summed E-state index contributed by atoms with van der Waals surface area (Å²) in [7, 11) is -2.86. The van der Waals surface area contributed by atoms with E-state index in [1.165, 1.54) is 0 Å². The Hall–Kier alpha value is -1.41. The van der Waals surface area contributed by atoms with Crippen LogP contribution in [0.25, 0.3) is 0 Å². The van der Waals surface area contributed by atoms with Crippen molar-refractivity contribution in [1.29, 1.82) is 0 Å². The van der Waals surface area contributed by atoms with E-state index in [0.717, 1.165) is 16.2 Å². The second-order valence-corrected chi connectivity index (χ2v) is 10.3. The molecular weight excluding hydrogens is 307 g/mol. The Labute approximate surface area is 138 Å². The minimum Gasteiger partial charge on any atom is -0.346 e. The smallest absolute Gasteiger partial charge is 0.184 e. The molecule has 0 radical (unpaired) electrons. The predicted octanol–water partition coefficient (Wildman–Crippen LogP) is 3.84. The Morgan fingerprint density at radius 1 is 0.913 bits per heavy atom. The maximum Gasteiger partial charge on any atom is 0.184 e. The monoisotopic (exact) mass is 330 g/mol. The van der Waals surface area contributed by atoms with E-state index in [1.807, 2.05) is 75.4 Å². The van der Waals surface area contributed by atoms with Gasteiger partial charge in [-0.2, -0.15) is 0 Å². The molecule has 1 heterocycles. The molecule has 3 rings (SSSR count). The Morgan fingerprint density at radius 3 is 2.09 bits per heavy atom. The normalized spacial score (nSPS) is 18.7. The van der Waals surface area contributed by atoms with Gasteiger partial charge >= 0.3 is 0 Å². The molecule has 1 saturated heterocycles. The molecule has 1 aliphatic rings. The van der Waals surface area contributed by atoms with Crippen molar-refractivity contribution in [2.75, 3.05) is 13.2 Å². The van der Waals surface area contributed by atoms with E-state index in [2.05, 4.69) is 0 Å². The summed E-state index contributed by atoms with van der Waals surface area (Å²) in [6, 6.07) is 17.6. The molecule has 0 amide bonds. The lowest BCUT2D eigenvalue weighted by Gasteiger charge is -2.34. The van der Waals surface area contributed by atoms with E-state index < -0.39 is 18.6 Å². The molecule has 0 saturated carbocycles. The van der Waals surface area contributed by atoms with Crippen molar-refractivity contribution in [2.24, 2.45) is 0 Å². The zero-order valence-electron chi connectivity index (χ0n) is 13.9. The summed E-state index contributed by atoms with van der Waals surface area (Å²) in [6.45, 7) is 7.25. The van der Waals surface area contributed by atoms with Gasteiger partial charge in [0, 0.05) is 21.3 Å². The van der Waals surface area contributed by atoms with Gasteiger partial charge in [0.25, 0.3) is 0 Å². The number of benzene rings is 2. The van der Waals surface area contributed by atoms with Gasteiger partial charge in [-0.05, 0) is 0 Å². The van der Waals surface area contributed by atoms with Crippen molar-refractivity contribution in [2.45, 2.75) is 32.2 Å². The van der Waals surface area contributed by atoms with Crippen LogP contribution in [0, 0.1) is 0 Å². The average molecular weight is 330 g/mol. The fourth-order valence-electron chi connectivity index (χ4n) is 3.04. The van der Waals surface area contributed by atoms with E-state index in [9.17, 15) is 4.57 Å². The lowest BCUT2D eigenvalue weighted by molar-refractivity contribution is -0.0433. The molecule has 1 aliphatic heterocycles. The Morgan fingerprint density at radius 2 is 1.48 bits per heavy atom. The van der Waals surface area contributed by atoms with Gasteiger partial charge < -0.3 is 14.0 Å². The molecule has 1 atom stereocenters. The van der Waals surface area contributed by atoms with Crippen LogP contribution in [-0.2, 0) is 14.0 Å². The molecular formula is C19H23O3P. The Bertz CT molecular complexity index is 713. The highest BCUT2D eigenvalue weighted by Gasteiger charge is 2.42. The summed E-state index contributed by atoms with van der Waals surface area (Å²) in [5, 5.41) is 1.31. The first-order chi connectivity index (χ1) is 10.9. The van der Waals surface area contributed by atoms with Gasteiger partial charge in [0.1, 0.15) is 7.14 Å². The first kappa shape index (κ1) is 16.4. The van der Waals surface area contributed by atoms with Gasteiger partial charge in [-0.15, -0.1) is 0 Å². The zero-order valence-corrected chi connectivity index (χ0v) is 14.8. The largest absolute Gasteiger partial charge is 0.346 e. The molecule has 2 aromatic carbocycles. The van der Waals surface area contributed by atoms with Crippen molar-refractivity contribution >= 4 is 17.8 Å². The van der Waals surface area contributed by atoms with Crippen LogP contribution in [0.4, 0.5) is 0 Å². The topological polar surface area (TPSA) is 35.5 Å². The summed E-state index contributed by atoms with van der Waals surface area (Å²) >= 11 is 0. The molecule has 0 spiro atoms. The highest BCUT2D eigenvalue weighted by Crippen LogP contribution is 2.56. The summed E-state index contributed by atoms with van der Waals surface area (Å²) < 4.78 is 25.7. The van der Waals surface area contributed by atoms with Crippen molar-refractivity contribution in [3.8, 4) is 0 Å². The second kappa shape index (κ2) is 6.24. The number of hydrogen-bond acceptors (Lipinski definition) is 3. The van der Waals surface area contributed by atoms with Crippen molar-refractivity contribution in [3.63, 3.8) is 0 Å². The van der Waals surface area contributed by atoms with Crippen molar-refractivity contribution < 1.29 is 14.0 Å². The Balaban J connectivity index is 2.22. The first-order valence-corrected chi connectivity index (χ1v) is 9.64. The highest BCUT2D eigenvalue weighted by molar-refractivity contribution is 7.80. The standard InChI is InChI=1S/C19H23O3P/c1-19(2,3)23(20,15-9-5-4-6-10-15)17-12-8-7-11-16(17)18-21-13-14-22-18/h4-12,18H,13-14H2,1-3H3/t23-/m0/s1. The number of hydrogen-bond donors (Lipinski definition) is 0. The molecule has 0 bridgehead atoms. The molecule has 0 aromatic heterocycles. The van der Waals surface area contributed by atoms with Gasteiger partial charge in [0.2, 0.25) is 0 Å². The first-order valence-electron chi connectivity index (χ1n) is 7.93. The molecule has 1 fully saturated rings. The van der Waals surface area contributed by atoms with Crippen LogP contribution in [0.2, 0.25) is 0 Å². The quantitative estimate of drug-likeness (QED) is 0.802. The second-order valence-electron chi connectivity index (χ2n) is 6.75. The van der Waals surface area contributed by atoms with E-state index in [0.29, 0.717) is 13.2 Å². The fourth-order valence-corrected chi connectivity index (χ4v) is 6.24. The van der Waals surface area contributed by atoms with Crippen molar-refractivity contribution in [3.05, 3.63) is 60.2 Å². The van der Waals surface area contributed by atoms with Crippen LogP contribution in [0.15, 0.2) is 54.6 Å². The van der Waals surface area contributed by atoms with Crippen LogP contribution in [-0.4, -0.2) is 18.4 Å². The molecule has 0 N–H and O–H groups in total. The van der Waals surface area contributed by atoms with Gasteiger partial charge in [0.15, 0.2) is 6.29 Å². The predicted molar refractivity (Wildman–Crippen MR) is 94.2 cm³/mol. The third-order valence-corrected chi connectivity index (χ3v) is 8.22.